The third kappa shape index (κ3) is 5.05. The standard InChI is InChI=1S/C29H29N5O3S/c1-29(27-18-31-20-32-27,16-21-11-13-22(17-30)14-12-21)33-28(35)24-8-5-15-34(19-24)38(36,37)26-10-4-7-23-6-2-3-9-25(23)26/h2-4,6-7,9-14,18,20,24H,5,8,15-16,19H2,1H3,(H,31,32)(H,33,35)/t24-,29?/m0/s1. The summed E-state index contributed by atoms with van der Waals surface area (Å²) in [6.07, 6.45) is 4.92. The maximum atomic E-state index is 13.7. The first kappa shape index (κ1) is 25.6. The lowest BCUT2D eigenvalue weighted by Gasteiger charge is -2.35. The smallest absolute Gasteiger partial charge is 0.243 e. The van der Waals surface area contributed by atoms with Crippen LogP contribution in [0.5, 0.6) is 0 Å². The summed E-state index contributed by atoms with van der Waals surface area (Å²) in [4.78, 5) is 21.1. The van der Waals surface area contributed by atoms with E-state index in [4.69, 9.17) is 5.26 Å². The minimum Gasteiger partial charge on any atom is -0.347 e. The molecule has 2 atom stereocenters. The number of hydrogen-bond acceptors (Lipinski definition) is 5. The zero-order chi connectivity index (χ0) is 26.8. The van der Waals surface area contributed by atoms with Crippen LogP contribution in [0, 0.1) is 17.2 Å². The van der Waals surface area contributed by atoms with E-state index in [2.05, 4.69) is 21.4 Å². The summed E-state index contributed by atoms with van der Waals surface area (Å²) < 4.78 is 28.8. The Labute approximate surface area is 222 Å². The second kappa shape index (κ2) is 10.4. The molecule has 1 fully saturated rings. The van der Waals surface area contributed by atoms with Gasteiger partial charge in [0.2, 0.25) is 15.9 Å². The van der Waals surface area contributed by atoms with Gasteiger partial charge in [0.05, 0.1) is 46.2 Å². The highest BCUT2D eigenvalue weighted by Gasteiger charge is 2.37. The molecule has 8 nitrogen and oxygen atoms in total. The number of hydrogen-bond donors (Lipinski definition) is 2. The van der Waals surface area contributed by atoms with Gasteiger partial charge in [0.1, 0.15) is 0 Å². The average molecular weight is 528 g/mol. The molecule has 38 heavy (non-hydrogen) atoms. The SMILES string of the molecule is CC(Cc1ccc(C#N)cc1)(NC(=O)[C@H]1CCCN(S(=O)(=O)c2cccc3ccccc23)C1)c1cnc[nH]1. The van der Waals surface area contributed by atoms with E-state index in [9.17, 15) is 13.2 Å². The Kier molecular flexibility index (Phi) is 7.02. The minimum atomic E-state index is -3.79. The van der Waals surface area contributed by atoms with E-state index in [0.29, 0.717) is 36.8 Å². The molecule has 4 aromatic rings. The predicted octanol–water partition coefficient (Wildman–Crippen LogP) is 4.11. The Bertz CT molecular complexity index is 1590. The first-order valence-corrected chi connectivity index (χ1v) is 14.0. The van der Waals surface area contributed by atoms with Gasteiger partial charge in [-0.05, 0) is 48.9 Å². The van der Waals surface area contributed by atoms with Crippen molar-refractivity contribution in [1.82, 2.24) is 19.6 Å². The van der Waals surface area contributed by atoms with Crippen molar-refractivity contribution in [2.75, 3.05) is 13.1 Å². The van der Waals surface area contributed by atoms with E-state index >= 15 is 0 Å². The molecule has 1 saturated heterocycles. The van der Waals surface area contributed by atoms with Crippen LogP contribution in [0.4, 0.5) is 0 Å². The van der Waals surface area contributed by atoms with E-state index in [1.54, 1.807) is 36.8 Å². The fourth-order valence-electron chi connectivity index (χ4n) is 5.18. The van der Waals surface area contributed by atoms with Crippen molar-refractivity contribution < 1.29 is 13.2 Å². The molecule has 1 aliphatic heterocycles. The quantitative estimate of drug-likeness (QED) is 0.375. The number of benzene rings is 3. The van der Waals surface area contributed by atoms with Crippen LogP contribution in [0.3, 0.4) is 0 Å². The van der Waals surface area contributed by atoms with Crippen molar-refractivity contribution in [3.63, 3.8) is 0 Å². The van der Waals surface area contributed by atoms with Gasteiger partial charge in [0, 0.05) is 24.9 Å². The molecule has 2 heterocycles. The first-order valence-electron chi connectivity index (χ1n) is 12.6. The van der Waals surface area contributed by atoms with Gasteiger partial charge in [-0.2, -0.15) is 9.57 Å². The van der Waals surface area contributed by atoms with E-state index in [-0.39, 0.29) is 17.3 Å². The number of sulfonamides is 1. The Balaban J connectivity index is 1.37. The Morgan fingerprint density at radius 2 is 1.92 bits per heavy atom. The van der Waals surface area contributed by atoms with Crippen LogP contribution >= 0.6 is 0 Å². The van der Waals surface area contributed by atoms with Crippen molar-refractivity contribution in [2.45, 2.75) is 36.6 Å². The molecule has 1 aromatic heterocycles. The number of aromatic nitrogens is 2. The molecular formula is C29H29N5O3S. The number of nitrogens with zero attached hydrogens (tertiary/aromatic N) is 3. The summed E-state index contributed by atoms with van der Waals surface area (Å²) in [7, 11) is -3.79. The van der Waals surface area contributed by atoms with Crippen LogP contribution in [0.15, 0.2) is 84.1 Å². The number of amides is 1. The van der Waals surface area contributed by atoms with Gasteiger partial charge in [-0.15, -0.1) is 0 Å². The second-order valence-electron chi connectivity index (χ2n) is 9.95. The van der Waals surface area contributed by atoms with Crippen LogP contribution in [0.2, 0.25) is 0 Å². The number of nitrogens with one attached hydrogen (secondary N) is 2. The fraction of sp³-hybridized carbons (Fsp3) is 0.276. The first-order chi connectivity index (χ1) is 18.3. The molecular weight excluding hydrogens is 498 g/mol. The van der Waals surface area contributed by atoms with Crippen molar-refractivity contribution in [3.8, 4) is 6.07 Å². The molecule has 2 N–H and O–H groups in total. The number of imidazole rings is 1. The third-order valence-corrected chi connectivity index (χ3v) is 9.18. The highest BCUT2D eigenvalue weighted by molar-refractivity contribution is 7.89. The van der Waals surface area contributed by atoms with Crippen LogP contribution in [-0.4, -0.2) is 41.7 Å². The average Bonchev–Trinajstić information content (AvgIpc) is 3.49. The number of nitriles is 1. The van der Waals surface area contributed by atoms with Gasteiger partial charge in [0.15, 0.2) is 0 Å². The lowest BCUT2D eigenvalue weighted by atomic mass is 9.88. The lowest BCUT2D eigenvalue weighted by Crippen LogP contribution is -2.51. The zero-order valence-corrected chi connectivity index (χ0v) is 21.9. The maximum absolute atomic E-state index is 13.7. The van der Waals surface area contributed by atoms with Crippen LogP contribution in [0.25, 0.3) is 10.8 Å². The number of rotatable bonds is 7. The van der Waals surface area contributed by atoms with Crippen molar-refractivity contribution in [3.05, 3.63) is 96.1 Å². The Morgan fingerprint density at radius 1 is 1.16 bits per heavy atom. The van der Waals surface area contributed by atoms with Gasteiger partial charge >= 0.3 is 0 Å². The molecule has 194 valence electrons. The van der Waals surface area contributed by atoms with Crippen LogP contribution < -0.4 is 5.32 Å². The van der Waals surface area contributed by atoms with E-state index in [1.807, 2.05) is 49.4 Å². The number of H-pyrrole nitrogens is 1. The van der Waals surface area contributed by atoms with Crippen LogP contribution in [0.1, 0.15) is 36.6 Å². The summed E-state index contributed by atoms with van der Waals surface area (Å²) in [5.41, 5.74) is 1.45. The summed E-state index contributed by atoms with van der Waals surface area (Å²) in [5, 5.41) is 13.8. The molecule has 0 saturated carbocycles. The molecule has 3 aromatic carbocycles. The molecule has 0 bridgehead atoms. The monoisotopic (exact) mass is 527 g/mol. The molecule has 1 amide bonds. The lowest BCUT2D eigenvalue weighted by molar-refractivity contribution is -0.128. The van der Waals surface area contributed by atoms with Gasteiger partial charge in [0.25, 0.3) is 0 Å². The summed E-state index contributed by atoms with van der Waals surface area (Å²) in [6, 6.07) is 22.1. The van der Waals surface area contributed by atoms with Gasteiger partial charge in [-0.3, -0.25) is 4.79 Å². The fourth-order valence-corrected chi connectivity index (χ4v) is 6.92. The third-order valence-electron chi connectivity index (χ3n) is 7.25. The number of piperidine rings is 1. The summed E-state index contributed by atoms with van der Waals surface area (Å²) >= 11 is 0. The summed E-state index contributed by atoms with van der Waals surface area (Å²) in [6.45, 7) is 2.41. The van der Waals surface area contributed by atoms with Crippen molar-refractivity contribution >= 4 is 26.7 Å². The molecule has 0 aliphatic carbocycles. The van der Waals surface area contributed by atoms with Crippen molar-refractivity contribution in [1.29, 1.82) is 5.26 Å². The normalized spacial score (nSPS) is 17.9. The van der Waals surface area contributed by atoms with Crippen molar-refractivity contribution in [2.24, 2.45) is 5.92 Å². The molecule has 1 unspecified atom stereocenters. The van der Waals surface area contributed by atoms with Crippen LogP contribution in [-0.2, 0) is 26.8 Å². The number of fused-ring (bicyclic) bond motifs is 1. The Morgan fingerprint density at radius 3 is 2.66 bits per heavy atom. The molecule has 9 heteroatoms. The second-order valence-corrected chi connectivity index (χ2v) is 11.9. The topological polar surface area (TPSA) is 119 Å². The highest BCUT2D eigenvalue weighted by atomic mass is 32.2. The molecule has 1 aliphatic rings. The van der Waals surface area contributed by atoms with E-state index in [0.717, 1.165) is 16.6 Å². The van der Waals surface area contributed by atoms with Gasteiger partial charge in [-0.1, -0.05) is 48.5 Å². The number of aromatic amines is 1. The Hall–Kier alpha value is -4.00. The largest absolute Gasteiger partial charge is 0.347 e. The van der Waals surface area contributed by atoms with Gasteiger partial charge < -0.3 is 10.3 Å². The highest BCUT2D eigenvalue weighted by Crippen LogP contribution is 2.30. The molecule has 0 radical (unpaired) electrons. The minimum absolute atomic E-state index is 0.118. The maximum Gasteiger partial charge on any atom is 0.243 e. The number of carbonyl (C=O) groups excluding carboxylic acids is 1. The molecule has 5 rings (SSSR count). The summed E-state index contributed by atoms with van der Waals surface area (Å²) in [5.74, 6) is -0.690. The van der Waals surface area contributed by atoms with Gasteiger partial charge in [-0.25, -0.2) is 13.4 Å². The zero-order valence-electron chi connectivity index (χ0n) is 21.1. The molecule has 0 spiro atoms. The predicted molar refractivity (Wildman–Crippen MR) is 144 cm³/mol. The number of carbonyl (C=O) groups is 1. The van der Waals surface area contributed by atoms with E-state index in [1.165, 1.54) is 4.31 Å². The van der Waals surface area contributed by atoms with E-state index < -0.39 is 21.5 Å².